The number of ether oxygens (including phenoxy) is 2. The fraction of sp³-hybridized carbons (Fsp3) is 0.462. The first kappa shape index (κ1) is 23.7. The summed E-state index contributed by atoms with van der Waals surface area (Å²) in [5, 5.41) is 0. The van der Waals surface area contributed by atoms with E-state index in [0.29, 0.717) is 35.8 Å². The Morgan fingerprint density at radius 1 is 0.567 bits per heavy atom. The minimum Gasteiger partial charge on any atom is -0.493 e. The molecule has 0 aliphatic heterocycles. The lowest BCUT2D eigenvalue weighted by atomic mass is 10.1. The molecule has 0 bridgehead atoms. The normalized spacial score (nSPS) is 10.6. The third-order valence-electron chi connectivity index (χ3n) is 5.09. The minimum absolute atomic E-state index is 0.0408. The fourth-order valence-electron chi connectivity index (χ4n) is 3.40. The first-order chi connectivity index (χ1) is 14.6. The Hall–Kier alpha value is -2.62. The standard InChI is InChI=1S/C26H34O4/c1-21(27)23-15-9-11-17-25(23)29-19-13-7-5-3-4-6-8-14-20-30-26-18-12-10-16-24(26)22(2)28/h9-12,15-18H,3-8,13-14,19-20H2,1-2H3. The lowest BCUT2D eigenvalue weighted by Gasteiger charge is -2.10. The van der Waals surface area contributed by atoms with Gasteiger partial charge in [0.25, 0.3) is 0 Å². The molecule has 2 rings (SSSR count). The molecule has 0 N–H and O–H groups in total. The quantitative estimate of drug-likeness (QED) is 0.243. The van der Waals surface area contributed by atoms with Crippen LogP contribution in [0, 0.1) is 0 Å². The number of hydrogen-bond acceptors (Lipinski definition) is 4. The SMILES string of the molecule is CC(=O)c1ccccc1OCCCCCCCCCCOc1ccccc1C(C)=O. The first-order valence-corrected chi connectivity index (χ1v) is 11.0. The van der Waals surface area contributed by atoms with Crippen molar-refractivity contribution < 1.29 is 19.1 Å². The summed E-state index contributed by atoms with van der Waals surface area (Å²) < 4.78 is 11.5. The highest BCUT2D eigenvalue weighted by Crippen LogP contribution is 2.20. The smallest absolute Gasteiger partial charge is 0.163 e. The molecule has 0 heterocycles. The van der Waals surface area contributed by atoms with Crippen LogP contribution in [0.25, 0.3) is 0 Å². The van der Waals surface area contributed by atoms with Gasteiger partial charge in [-0.1, -0.05) is 62.8 Å². The van der Waals surface area contributed by atoms with Gasteiger partial charge in [-0.3, -0.25) is 9.59 Å². The van der Waals surface area contributed by atoms with Gasteiger partial charge in [0.1, 0.15) is 11.5 Å². The molecule has 30 heavy (non-hydrogen) atoms. The number of Topliss-reactive ketones (excluding diaryl/α,β-unsaturated/α-hetero) is 2. The maximum absolute atomic E-state index is 11.6. The largest absolute Gasteiger partial charge is 0.493 e. The molecule has 0 amide bonds. The average Bonchev–Trinajstić information content (AvgIpc) is 2.74. The van der Waals surface area contributed by atoms with Gasteiger partial charge in [-0.15, -0.1) is 0 Å². The van der Waals surface area contributed by atoms with Crippen LogP contribution in [0.2, 0.25) is 0 Å². The highest BCUT2D eigenvalue weighted by molar-refractivity contribution is 5.97. The van der Waals surface area contributed by atoms with Crippen LogP contribution < -0.4 is 9.47 Å². The summed E-state index contributed by atoms with van der Waals surface area (Å²) in [5.41, 5.74) is 1.32. The molecule has 4 heteroatoms. The number of hydrogen-bond donors (Lipinski definition) is 0. The molecule has 4 nitrogen and oxygen atoms in total. The van der Waals surface area contributed by atoms with Crippen molar-refractivity contribution >= 4 is 11.6 Å². The summed E-state index contributed by atoms with van der Waals surface area (Å²) in [4.78, 5) is 23.2. The zero-order valence-electron chi connectivity index (χ0n) is 18.3. The van der Waals surface area contributed by atoms with Gasteiger partial charge in [0, 0.05) is 0 Å². The third-order valence-corrected chi connectivity index (χ3v) is 5.09. The van der Waals surface area contributed by atoms with Gasteiger partial charge in [-0.25, -0.2) is 0 Å². The zero-order chi connectivity index (χ0) is 21.6. The van der Waals surface area contributed by atoms with E-state index in [1.165, 1.54) is 25.7 Å². The van der Waals surface area contributed by atoms with Gasteiger partial charge in [-0.2, -0.15) is 0 Å². The van der Waals surface area contributed by atoms with Crippen LogP contribution >= 0.6 is 0 Å². The number of unbranched alkanes of at least 4 members (excludes halogenated alkanes) is 7. The maximum atomic E-state index is 11.6. The van der Waals surface area contributed by atoms with Crippen molar-refractivity contribution in [2.75, 3.05) is 13.2 Å². The summed E-state index contributed by atoms with van der Waals surface area (Å²) in [7, 11) is 0. The van der Waals surface area contributed by atoms with Gasteiger partial charge < -0.3 is 9.47 Å². The molecule has 0 aliphatic rings. The predicted molar refractivity (Wildman–Crippen MR) is 121 cm³/mol. The average molecular weight is 411 g/mol. The fourth-order valence-corrected chi connectivity index (χ4v) is 3.40. The lowest BCUT2D eigenvalue weighted by Crippen LogP contribution is -2.03. The monoisotopic (exact) mass is 410 g/mol. The van der Waals surface area contributed by atoms with Crippen LogP contribution in [0.3, 0.4) is 0 Å². The Morgan fingerprint density at radius 3 is 1.27 bits per heavy atom. The molecular weight excluding hydrogens is 376 g/mol. The number of carbonyl (C=O) groups is 2. The van der Waals surface area contributed by atoms with Crippen molar-refractivity contribution in [1.29, 1.82) is 0 Å². The Kier molecular flexibility index (Phi) is 10.7. The van der Waals surface area contributed by atoms with E-state index in [1.807, 2.05) is 48.5 Å². The summed E-state index contributed by atoms with van der Waals surface area (Å²) in [6.45, 7) is 4.45. The van der Waals surface area contributed by atoms with Crippen molar-refractivity contribution in [2.45, 2.75) is 65.2 Å². The van der Waals surface area contributed by atoms with Crippen molar-refractivity contribution in [1.82, 2.24) is 0 Å². The molecule has 2 aromatic rings. The van der Waals surface area contributed by atoms with E-state index in [4.69, 9.17) is 9.47 Å². The van der Waals surface area contributed by atoms with Gasteiger partial charge in [0.05, 0.1) is 24.3 Å². The van der Waals surface area contributed by atoms with Crippen LogP contribution in [-0.4, -0.2) is 24.8 Å². The topological polar surface area (TPSA) is 52.6 Å². The molecule has 0 unspecified atom stereocenters. The van der Waals surface area contributed by atoms with Crippen molar-refractivity contribution in [2.24, 2.45) is 0 Å². The molecule has 0 aromatic heterocycles. The first-order valence-electron chi connectivity index (χ1n) is 11.0. The molecule has 0 fully saturated rings. The van der Waals surface area contributed by atoms with Gasteiger partial charge >= 0.3 is 0 Å². The van der Waals surface area contributed by atoms with Gasteiger partial charge in [0.15, 0.2) is 11.6 Å². The number of ketones is 2. The number of benzene rings is 2. The van der Waals surface area contributed by atoms with Crippen LogP contribution in [0.1, 0.15) is 85.9 Å². The Morgan fingerprint density at radius 2 is 0.900 bits per heavy atom. The van der Waals surface area contributed by atoms with E-state index >= 15 is 0 Å². The molecule has 0 radical (unpaired) electrons. The number of rotatable bonds is 15. The molecule has 0 saturated carbocycles. The van der Waals surface area contributed by atoms with E-state index in [1.54, 1.807) is 13.8 Å². The molecule has 0 saturated heterocycles. The Balaban J connectivity index is 1.46. The van der Waals surface area contributed by atoms with Crippen LogP contribution in [0.5, 0.6) is 11.5 Å². The van der Waals surface area contributed by atoms with E-state index in [2.05, 4.69) is 0 Å². The molecule has 0 spiro atoms. The third kappa shape index (κ3) is 8.40. The second kappa shape index (κ2) is 13.6. The Labute approximate surface area is 180 Å². The lowest BCUT2D eigenvalue weighted by molar-refractivity contribution is 0.100. The number of carbonyl (C=O) groups excluding carboxylic acids is 2. The van der Waals surface area contributed by atoms with E-state index < -0.39 is 0 Å². The summed E-state index contributed by atoms with van der Waals surface area (Å²) in [5.74, 6) is 1.47. The highest BCUT2D eigenvalue weighted by Gasteiger charge is 2.07. The molecular formula is C26H34O4. The predicted octanol–water partition coefficient (Wildman–Crippen LogP) is 6.67. The molecule has 0 atom stereocenters. The summed E-state index contributed by atoms with van der Waals surface area (Å²) in [6, 6.07) is 14.9. The molecule has 162 valence electrons. The molecule has 0 aliphatic carbocycles. The zero-order valence-corrected chi connectivity index (χ0v) is 18.3. The van der Waals surface area contributed by atoms with Gasteiger partial charge in [0.2, 0.25) is 0 Å². The van der Waals surface area contributed by atoms with Crippen LogP contribution in [0.15, 0.2) is 48.5 Å². The second-order valence-corrected chi connectivity index (χ2v) is 7.63. The van der Waals surface area contributed by atoms with E-state index in [0.717, 1.165) is 25.7 Å². The van der Waals surface area contributed by atoms with Crippen molar-refractivity contribution in [3.05, 3.63) is 59.7 Å². The Bertz CT molecular complexity index is 730. The van der Waals surface area contributed by atoms with Crippen LogP contribution in [0.4, 0.5) is 0 Å². The van der Waals surface area contributed by atoms with E-state index in [9.17, 15) is 9.59 Å². The summed E-state index contributed by atoms with van der Waals surface area (Å²) >= 11 is 0. The maximum Gasteiger partial charge on any atom is 0.163 e. The van der Waals surface area contributed by atoms with Gasteiger partial charge in [-0.05, 0) is 51.0 Å². The van der Waals surface area contributed by atoms with Crippen molar-refractivity contribution in [3.8, 4) is 11.5 Å². The highest BCUT2D eigenvalue weighted by atomic mass is 16.5. The molecule has 2 aromatic carbocycles. The number of para-hydroxylation sites is 2. The minimum atomic E-state index is 0.0408. The second-order valence-electron chi connectivity index (χ2n) is 7.63. The van der Waals surface area contributed by atoms with Crippen LogP contribution in [-0.2, 0) is 0 Å². The van der Waals surface area contributed by atoms with Crippen molar-refractivity contribution in [3.63, 3.8) is 0 Å². The summed E-state index contributed by atoms with van der Waals surface area (Å²) in [6.07, 6.45) is 9.20. The van der Waals surface area contributed by atoms with E-state index in [-0.39, 0.29) is 11.6 Å².